The molecule has 16 heavy (non-hydrogen) atoms. The molecule has 0 saturated heterocycles. The largest absolute Gasteiger partial charge is 0.422 e. The molecule has 0 aromatic heterocycles. The van der Waals surface area contributed by atoms with Crippen molar-refractivity contribution < 1.29 is 26.3 Å². The molecule has 0 amide bonds. The van der Waals surface area contributed by atoms with E-state index in [0.29, 0.717) is 12.2 Å². The van der Waals surface area contributed by atoms with E-state index in [4.69, 9.17) is 0 Å². The first-order valence-corrected chi connectivity index (χ1v) is 4.44. The lowest BCUT2D eigenvalue weighted by atomic mass is 10.0. The van der Waals surface area contributed by atoms with Crippen molar-refractivity contribution in [3.05, 3.63) is 35.2 Å². The highest BCUT2D eigenvalue weighted by Gasteiger charge is 2.41. The maximum absolute atomic E-state index is 13.1. The van der Waals surface area contributed by atoms with Crippen molar-refractivity contribution in [3.63, 3.8) is 0 Å². The van der Waals surface area contributed by atoms with Gasteiger partial charge >= 0.3 is 6.18 Å². The van der Waals surface area contributed by atoms with E-state index in [-0.39, 0.29) is 6.42 Å². The summed E-state index contributed by atoms with van der Waals surface area (Å²) in [6.07, 6.45) is -4.01. The molecule has 0 aliphatic heterocycles. The first kappa shape index (κ1) is 12.9. The number of rotatable bonds is 0. The van der Waals surface area contributed by atoms with Crippen LogP contribution in [0.2, 0.25) is 0 Å². The first-order valence-electron chi connectivity index (χ1n) is 4.44. The van der Waals surface area contributed by atoms with Crippen molar-refractivity contribution in [1.82, 2.24) is 0 Å². The lowest BCUT2D eigenvalue weighted by Crippen LogP contribution is -2.16. The summed E-state index contributed by atoms with van der Waals surface area (Å²) >= 11 is 0. The van der Waals surface area contributed by atoms with Crippen molar-refractivity contribution in [2.24, 2.45) is 5.92 Å². The van der Waals surface area contributed by atoms with Gasteiger partial charge in [0.1, 0.15) is 11.4 Å². The van der Waals surface area contributed by atoms with Gasteiger partial charge in [0.2, 0.25) is 0 Å². The molecule has 0 fully saturated rings. The molecule has 1 aliphatic rings. The predicted molar refractivity (Wildman–Crippen MR) is 46.4 cm³/mol. The van der Waals surface area contributed by atoms with Gasteiger partial charge in [0.05, 0.1) is 0 Å². The molecule has 90 valence electrons. The Morgan fingerprint density at radius 3 is 2.19 bits per heavy atom. The topological polar surface area (TPSA) is 0 Å². The minimum atomic E-state index is -5.26. The minimum Gasteiger partial charge on any atom is -0.207 e. The van der Waals surface area contributed by atoms with Gasteiger partial charge < -0.3 is 0 Å². The lowest BCUT2D eigenvalue weighted by molar-refractivity contribution is -0.0930. The third-order valence-corrected chi connectivity index (χ3v) is 2.05. The van der Waals surface area contributed by atoms with Crippen LogP contribution in [0.25, 0.3) is 0 Å². The van der Waals surface area contributed by atoms with Crippen LogP contribution in [0.3, 0.4) is 0 Å². The molecule has 1 atom stereocenters. The monoisotopic (exact) mass is 242 g/mol. The molecular weight excluding hydrogens is 234 g/mol. The van der Waals surface area contributed by atoms with Crippen LogP contribution in [0.5, 0.6) is 0 Å². The summed E-state index contributed by atoms with van der Waals surface area (Å²) in [5.41, 5.74) is -2.19. The average molecular weight is 242 g/mol. The van der Waals surface area contributed by atoms with Crippen LogP contribution < -0.4 is 0 Å². The number of alkyl halides is 3. The zero-order valence-electron chi connectivity index (χ0n) is 8.21. The fraction of sp³-hybridized carbons (Fsp3) is 0.400. The number of hydrogen-bond donors (Lipinski definition) is 0. The van der Waals surface area contributed by atoms with Gasteiger partial charge in [-0.3, -0.25) is 0 Å². The van der Waals surface area contributed by atoms with Crippen LogP contribution in [-0.4, -0.2) is 6.18 Å². The Kier molecular flexibility index (Phi) is 3.50. The Morgan fingerprint density at radius 2 is 1.69 bits per heavy atom. The van der Waals surface area contributed by atoms with Crippen molar-refractivity contribution in [3.8, 4) is 0 Å². The molecule has 1 rings (SSSR count). The summed E-state index contributed by atoms with van der Waals surface area (Å²) in [5, 5.41) is 0. The quantitative estimate of drug-likeness (QED) is 0.548. The van der Waals surface area contributed by atoms with E-state index in [9.17, 15) is 26.3 Å². The third kappa shape index (κ3) is 2.68. The second-order valence-electron chi connectivity index (χ2n) is 3.47. The summed E-state index contributed by atoms with van der Waals surface area (Å²) < 4.78 is 75.8. The summed E-state index contributed by atoms with van der Waals surface area (Å²) in [4.78, 5) is 0. The van der Waals surface area contributed by atoms with Gasteiger partial charge in [-0.05, 0) is 24.5 Å². The van der Waals surface area contributed by atoms with Crippen LogP contribution in [0.15, 0.2) is 35.2 Å². The van der Waals surface area contributed by atoms with Crippen molar-refractivity contribution in [1.29, 1.82) is 0 Å². The molecular formula is C10H8F6. The Hall–Kier alpha value is -1.20. The molecule has 0 N–H and O–H groups in total. The van der Waals surface area contributed by atoms with E-state index in [1.165, 1.54) is 6.92 Å². The van der Waals surface area contributed by atoms with E-state index >= 15 is 0 Å². The number of hydrogen-bond acceptors (Lipinski definition) is 0. The summed E-state index contributed by atoms with van der Waals surface area (Å²) in [7, 11) is 0. The maximum Gasteiger partial charge on any atom is 0.422 e. The lowest BCUT2D eigenvalue weighted by Gasteiger charge is -2.14. The van der Waals surface area contributed by atoms with Gasteiger partial charge in [0, 0.05) is 0 Å². The molecule has 0 aromatic carbocycles. The van der Waals surface area contributed by atoms with E-state index < -0.39 is 35.1 Å². The zero-order valence-corrected chi connectivity index (χ0v) is 8.21. The van der Waals surface area contributed by atoms with Gasteiger partial charge in [0.15, 0.2) is 11.7 Å². The second-order valence-corrected chi connectivity index (χ2v) is 3.47. The summed E-state index contributed by atoms with van der Waals surface area (Å²) in [6, 6.07) is 0. The van der Waals surface area contributed by atoms with E-state index in [1.54, 1.807) is 0 Å². The van der Waals surface area contributed by atoms with Crippen molar-refractivity contribution >= 4 is 0 Å². The van der Waals surface area contributed by atoms with Gasteiger partial charge in [0.25, 0.3) is 0 Å². The van der Waals surface area contributed by atoms with Gasteiger partial charge in [-0.1, -0.05) is 6.92 Å². The standard InChI is InChI=1S/C10H8F6/c1-5-2-3-6(11)9(13)8(7(12)4-5)10(14,15)16/h3-5H,2H2,1H3. The fourth-order valence-electron chi connectivity index (χ4n) is 1.26. The molecule has 1 aliphatic carbocycles. The Morgan fingerprint density at radius 1 is 1.12 bits per heavy atom. The third-order valence-electron chi connectivity index (χ3n) is 2.05. The number of halogens is 6. The Bertz CT molecular complexity index is 371. The summed E-state index contributed by atoms with van der Waals surface area (Å²) in [6.45, 7) is 1.40. The maximum atomic E-state index is 13.1. The fourth-order valence-corrected chi connectivity index (χ4v) is 1.26. The number of allylic oxidation sites excluding steroid dienone is 6. The van der Waals surface area contributed by atoms with Crippen molar-refractivity contribution in [2.75, 3.05) is 0 Å². The minimum absolute atomic E-state index is 0.0577. The van der Waals surface area contributed by atoms with Gasteiger partial charge in [-0.2, -0.15) is 13.2 Å². The summed E-state index contributed by atoms with van der Waals surface area (Å²) in [5.74, 6) is -6.28. The molecule has 0 radical (unpaired) electrons. The Labute approximate surface area is 87.9 Å². The van der Waals surface area contributed by atoms with Crippen LogP contribution in [0, 0.1) is 5.92 Å². The first-order chi connectivity index (χ1) is 7.23. The van der Waals surface area contributed by atoms with E-state index in [1.807, 2.05) is 0 Å². The highest BCUT2D eigenvalue weighted by Crippen LogP contribution is 2.39. The van der Waals surface area contributed by atoms with Crippen LogP contribution >= 0.6 is 0 Å². The average Bonchev–Trinajstić information content (AvgIpc) is 2.10. The molecule has 1 unspecified atom stereocenters. The van der Waals surface area contributed by atoms with Gasteiger partial charge in [-0.25, -0.2) is 13.2 Å². The highest BCUT2D eigenvalue weighted by atomic mass is 19.4. The highest BCUT2D eigenvalue weighted by molar-refractivity contribution is 5.40. The Balaban J connectivity index is 3.39. The van der Waals surface area contributed by atoms with Crippen molar-refractivity contribution in [2.45, 2.75) is 19.5 Å². The molecule has 6 heteroatoms. The SMILES string of the molecule is CC1C=C(F)C(C(F)(F)F)=C(F)C(F)=CC1. The molecule has 0 saturated carbocycles. The van der Waals surface area contributed by atoms with Crippen LogP contribution in [-0.2, 0) is 0 Å². The second kappa shape index (κ2) is 4.35. The smallest absolute Gasteiger partial charge is 0.207 e. The predicted octanol–water partition coefficient (Wildman–Crippen LogP) is 4.52. The van der Waals surface area contributed by atoms with E-state index in [0.717, 1.165) is 0 Å². The van der Waals surface area contributed by atoms with E-state index in [2.05, 4.69) is 0 Å². The molecule has 0 bridgehead atoms. The molecule has 0 heterocycles. The van der Waals surface area contributed by atoms with Gasteiger partial charge in [-0.15, -0.1) is 0 Å². The molecule has 0 aromatic rings. The van der Waals surface area contributed by atoms with Crippen LogP contribution in [0.1, 0.15) is 13.3 Å². The zero-order chi connectivity index (χ0) is 12.5. The normalized spacial score (nSPS) is 23.6. The van der Waals surface area contributed by atoms with Crippen LogP contribution in [0.4, 0.5) is 26.3 Å². The molecule has 0 nitrogen and oxygen atoms in total. The molecule has 0 spiro atoms.